The summed E-state index contributed by atoms with van der Waals surface area (Å²) in [6.07, 6.45) is 7.79. The molecule has 54 valence electrons. The molecule has 0 aromatic heterocycles. The topological polar surface area (TPSA) is 0 Å². The van der Waals surface area contributed by atoms with Crippen molar-refractivity contribution in [3.8, 4) is 0 Å². The van der Waals surface area contributed by atoms with Gasteiger partial charge in [0, 0.05) is 0 Å². The van der Waals surface area contributed by atoms with Gasteiger partial charge in [0.2, 0.25) is 0 Å². The van der Waals surface area contributed by atoms with Crippen LogP contribution >= 0.6 is 0 Å². The average molecular weight is 134 g/mol. The summed E-state index contributed by atoms with van der Waals surface area (Å²) in [5.74, 6) is 0. The smallest absolute Gasteiger partial charge is 0.0263 e. The Hall–Kier alpha value is -1.04. The van der Waals surface area contributed by atoms with Crippen molar-refractivity contribution in [2.75, 3.05) is 0 Å². The van der Waals surface area contributed by atoms with Crippen LogP contribution in [0.15, 0.2) is 48.6 Å². The van der Waals surface area contributed by atoms with E-state index in [-0.39, 0.29) is 0 Å². The Morgan fingerprint density at radius 3 is 2.30 bits per heavy atom. The highest BCUT2D eigenvalue weighted by Crippen LogP contribution is 2.02. The minimum atomic E-state index is 1.05. The van der Waals surface area contributed by atoms with Gasteiger partial charge in [0.05, 0.1) is 0 Å². The normalized spacial score (nSPS) is 12.0. The number of hydrogen-bond donors (Lipinski definition) is 0. The van der Waals surface area contributed by atoms with Crippen molar-refractivity contribution in [2.24, 2.45) is 0 Å². The van der Waals surface area contributed by atoms with Gasteiger partial charge in [0.15, 0.2) is 0 Å². The highest BCUT2D eigenvalue weighted by molar-refractivity contribution is 5.34. The predicted octanol–water partition coefficient (Wildman–Crippen LogP) is 3.25. The first kappa shape index (κ1) is 8.96. The Labute approximate surface area is 63.3 Å². The van der Waals surface area contributed by atoms with Crippen LogP contribution in [0.5, 0.6) is 0 Å². The van der Waals surface area contributed by atoms with Crippen molar-refractivity contribution >= 4 is 0 Å². The second kappa shape index (κ2) is 4.80. The highest BCUT2D eigenvalue weighted by atomic mass is 13.9. The Morgan fingerprint density at radius 2 is 2.00 bits per heavy atom. The first-order valence-electron chi connectivity index (χ1n) is 3.33. The number of hydrogen-bond acceptors (Lipinski definition) is 0. The van der Waals surface area contributed by atoms with Gasteiger partial charge >= 0.3 is 0 Å². The monoisotopic (exact) mass is 134 g/mol. The first-order chi connectivity index (χ1) is 4.70. The molecule has 0 bridgehead atoms. The lowest BCUT2D eigenvalue weighted by Gasteiger charge is -1.91. The maximum Gasteiger partial charge on any atom is -0.0263 e. The molecule has 0 saturated carbocycles. The molecule has 0 radical (unpaired) electrons. The lowest BCUT2D eigenvalue weighted by molar-refractivity contribution is 1.51. The van der Waals surface area contributed by atoms with Gasteiger partial charge in [0.25, 0.3) is 0 Å². The van der Waals surface area contributed by atoms with Crippen molar-refractivity contribution < 1.29 is 0 Å². The standard InChI is InChI=1S/C10H14/c1-5-7-10(6-2)8-9(3)4/h5-8H,2-3H2,1,4H3/b7-5-,10-8-. The van der Waals surface area contributed by atoms with Crippen molar-refractivity contribution in [3.05, 3.63) is 48.6 Å². The summed E-state index contributed by atoms with van der Waals surface area (Å²) in [5, 5.41) is 0. The molecule has 0 nitrogen and oxygen atoms in total. The Balaban J connectivity index is 4.33. The van der Waals surface area contributed by atoms with Crippen LogP contribution < -0.4 is 0 Å². The van der Waals surface area contributed by atoms with Crippen LogP contribution in [-0.2, 0) is 0 Å². The molecule has 10 heavy (non-hydrogen) atoms. The molecule has 0 rings (SSSR count). The molecular formula is C10H14. The van der Waals surface area contributed by atoms with Crippen LogP contribution in [0.25, 0.3) is 0 Å². The summed E-state index contributed by atoms with van der Waals surface area (Å²) in [4.78, 5) is 0. The SMILES string of the molecule is C=CC(/C=C\C)=C/C(=C)C. The Bertz CT molecular complexity index is 180. The van der Waals surface area contributed by atoms with E-state index in [1.54, 1.807) is 0 Å². The zero-order valence-electron chi connectivity index (χ0n) is 6.72. The van der Waals surface area contributed by atoms with Crippen molar-refractivity contribution in [1.29, 1.82) is 0 Å². The maximum absolute atomic E-state index is 3.77. The molecule has 0 heterocycles. The van der Waals surface area contributed by atoms with Gasteiger partial charge in [-0.15, -0.1) is 0 Å². The van der Waals surface area contributed by atoms with Crippen LogP contribution in [0.2, 0.25) is 0 Å². The molecule has 0 atom stereocenters. The van der Waals surface area contributed by atoms with Gasteiger partial charge in [-0.25, -0.2) is 0 Å². The van der Waals surface area contributed by atoms with Crippen LogP contribution in [-0.4, -0.2) is 0 Å². The van der Waals surface area contributed by atoms with Gasteiger partial charge < -0.3 is 0 Å². The minimum absolute atomic E-state index is 1.05. The third-order valence-corrected chi connectivity index (χ3v) is 1.01. The molecule has 0 amide bonds. The molecule has 0 aliphatic carbocycles. The van der Waals surface area contributed by atoms with Gasteiger partial charge in [-0.1, -0.05) is 43.0 Å². The van der Waals surface area contributed by atoms with Crippen LogP contribution in [0.3, 0.4) is 0 Å². The van der Waals surface area contributed by atoms with Gasteiger partial charge in [0.1, 0.15) is 0 Å². The van der Waals surface area contributed by atoms with E-state index in [1.807, 2.05) is 38.2 Å². The van der Waals surface area contributed by atoms with Crippen molar-refractivity contribution in [1.82, 2.24) is 0 Å². The summed E-state index contributed by atoms with van der Waals surface area (Å²) in [7, 11) is 0. The zero-order chi connectivity index (χ0) is 7.98. The minimum Gasteiger partial charge on any atom is -0.0985 e. The average Bonchev–Trinajstić information content (AvgIpc) is 1.86. The van der Waals surface area contributed by atoms with E-state index in [1.165, 1.54) is 0 Å². The summed E-state index contributed by atoms with van der Waals surface area (Å²) >= 11 is 0. The Morgan fingerprint density at radius 1 is 1.40 bits per heavy atom. The molecule has 0 heteroatoms. The number of rotatable bonds is 3. The fourth-order valence-corrected chi connectivity index (χ4v) is 0.652. The van der Waals surface area contributed by atoms with Crippen LogP contribution in [0.4, 0.5) is 0 Å². The van der Waals surface area contributed by atoms with E-state index in [2.05, 4.69) is 13.2 Å². The molecule has 0 saturated heterocycles. The zero-order valence-corrected chi connectivity index (χ0v) is 6.72. The summed E-state index contributed by atoms with van der Waals surface area (Å²) in [6.45, 7) is 11.4. The summed E-state index contributed by atoms with van der Waals surface area (Å²) in [5.41, 5.74) is 2.16. The van der Waals surface area contributed by atoms with E-state index in [0.29, 0.717) is 0 Å². The second-order valence-electron chi connectivity index (χ2n) is 2.19. The van der Waals surface area contributed by atoms with E-state index in [0.717, 1.165) is 11.1 Å². The molecule has 0 spiro atoms. The fraction of sp³-hybridized carbons (Fsp3) is 0.200. The molecule has 0 N–H and O–H groups in total. The van der Waals surface area contributed by atoms with Gasteiger partial charge in [-0.2, -0.15) is 0 Å². The predicted molar refractivity (Wildman–Crippen MR) is 47.9 cm³/mol. The molecule has 0 aromatic carbocycles. The van der Waals surface area contributed by atoms with Gasteiger partial charge in [-0.05, 0) is 19.4 Å². The molecule has 0 unspecified atom stereocenters. The van der Waals surface area contributed by atoms with E-state index in [9.17, 15) is 0 Å². The van der Waals surface area contributed by atoms with Crippen LogP contribution in [0.1, 0.15) is 13.8 Å². The van der Waals surface area contributed by atoms with E-state index < -0.39 is 0 Å². The van der Waals surface area contributed by atoms with Gasteiger partial charge in [-0.3, -0.25) is 0 Å². The molecule has 0 aromatic rings. The lowest BCUT2D eigenvalue weighted by Crippen LogP contribution is -1.70. The molecule has 0 aliphatic heterocycles. The van der Waals surface area contributed by atoms with Crippen molar-refractivity contribution in [2.45, 2.75) is 13.8 Å². The molecule has 0 fully saturated rings. The van der Waals surface area contributed by atoms with Crippen molar-refractivity contribution in [3.63, 3.8) is 0 Å². The van der Waals surface area contributed by atoms with E-state index >= 15 is 0 Å². The number of allylic oxidation sites excluding steroid dienone is 6. The quantitative estimate of drug-likeness (QED) is 0.520. The maximum atomic E-state index is 3.77. The lowest BCUT2D eigenvalue weighted by atomic mass is 10.2. The molecular weight excluding hydrogens is 120 g/mol. The first-order valence-corrected chi connectivity index (χ1v) is 3.33. The third kappa shape index (κ3) is 3.90. The van der Waals surface area contributed by atoms with E-state index in [4.69, 9.17) is 0 Å². The van der Waals surface area contributed by atoms with Crippen LogP contribution in [0, 0.1) is 0 Å². The fourth-order valence-electron chi connectivity index (χ4n) is 0.652. The largest absolute Gasteiger partial charge is 0.0985 e. The Kier molecular flexibility index (Phi) is 4.30. The highest BCUT2D eigenvalue weighted by Gasteiger charge is 1.81. The molecule has 0 aliphatic rings. The summed E-state index contributed by atoms with van der Waals surface area (Å²) < 4.78 is 0. The summed E-state index contributed by atoms with van der Waals surface area (Å²) in [6, 6.07) is 0. The third-order valence-electron chi connectivity index (χ3n) is 1.01. The second-order valence-corrected chi connectivity index (χ2v) is 2.19.